The van der Waals surface area contributed by atoms with Crippen LogP contribution in [0.1, 0.15) is 12.8 Å². The molecule has 0 saturated carbocycles. The Bertz CT molecular complexity index is 846. The van der Waals surface area contributed by atoms with E-state index in [1.165, 1.54) is 0 Å². The van der Waals surface area contributed by atoms with E-state index in [9.17, 15) is 9.59 Å². The van der Waals surface area contributed by atoms with Gasteiger partial charge in [-0.3, -0.25) is 24.1 Å². The van der Waals surface area contributed by atoms with Crippen molar-refractivity contribution >= 4 is 23.5 Å². The van der Waals surface area contributed by atoms with Crippen LogP contribution >= 0.6 is 0 Å². The monoisotopic (exact) mass is 397 g/mol. The van der Waals surface area contributed by atoms with Crippen LogP contribution in [-0.4, -0.2) is 76.8 Å². The number of carbonyl (C=O) groups excluding carboxylic acids is 2. The summed E-state index contributed by atoms with van der Waals surface area (Å²) in [5, 5.41) is 7.08. The molecule has 9 heteroatoms. The molecule has 2 aromatic heterocycles. The number of aryl methyl sites for hydroxylation is 1. The largest absolute Gasteiger partial charge is 0.354 e. The van der Waals surface area contributed by atoms with Crippen LogP contribution in [0.4, 0.5) is 11.6 Å². The van der Waals surface area contributed by atoms with Gasteiger partial charge in [0.2, 0.25) is 5.91 Å². The summed E-state index contributed by atoms with van der Waals surface area (Å²) in [6, 6.07) is 7.25. The van der Waals surface area contributed by atoms with E-state index in [1.54, 1.807) is 22.0 Å². The maximum absolute atomic E-state index is 12.8. The highest BCUT2D eigenvalue weighted by Crippen LogP contribution is 2.20. The van der Waals surface area contributed by atoms with Gasteiger partial charge in [0, 0.05) is 52.0 Å². The van der Waals surface area contributed by atoms with Gasteiger partial charge in [-0.05, 0) is 25.0 Å². The van der Waals surface area contributed by atoms with Crippen LogP contribution < -0.4 is 15.1 Å². The number of nitrogens with one attached hydrogen (secondary N) is 1. The second kappa shape index (κ2) is 8.60. The number of piperidine rings is 1. The van der Waals surface area contributed by atoms with E-state index in [-0.39, 0.29) is 11.8 Å². The maximum atomic E-state index is 12.8. The van der Waals surface area contributed by atoms with Crippen LogP contribution in [0.15, 0.2) is 36.7 Å². The minimum atomic E-state index is -0.471. The number of aromatic nitrogens is 3. The summed E-state index contributed by atoms with van der Waals surface area (Å²) >= 11 is 0. The second-order valence-corrected chi connectivity index (χ2v) is 7.52. The number of anilines is 2. The van der Waals surface area contributed by atoms with Gasteiger partial charge in [0.15, 0.2) is 0 Å². The van der Waals surface area contributed by atoms with Gasteiger partial charge in [0.25, 0.3) is 5.91 Å². The summed E-state index contributed by atoms with van der Waals surface area (Å²) in [6.45, 7) is 4.22. The SMILES string of the molecule is Cn1nccc1N1CCCC(NC(=O)CN2CCN(c3ccccn3)CC2)C1=O. The molecule has 0 radical (unpaired) electrons. The van der Waals surface area contributed by atoms with E-state index >= 15 is 0 Å². The van der Waals surface area contributed by atoms with Gasteiger partial charge >= 0.3 is 0 Å². The first-order chi connectivity index (χ1) is 14.1. The first kappa shape index (κ1) is 19.4. The third-order valence-corrected chi connectivity index (χ3v) is 5.56. The molecule has 2 saturated heterocycles. The number of amides is 2. The summed E-state index contributed by atoms with van der Waals surface area (Å²) in [7, 11) is 1.81. The van der Waals surface area contributed by atoms with E-state index in [2.05, 4.69) is 25.2 Å². The molecule has 9 nitrogen and oxygen atoms in total. The molecule has 2 aliphatic heterocycles. The fraction of sp³-hybridized carbons (Fsp3) is 0.500. The van der Waals surface area contributed by atoms with Crippen molar-refractivity contribution in [1.29, 1.82) is 0 Å². The fourth-order valence-corrected chi connectivity index (χ4v) is 3.99. The van der Waals surface area contributed by atoms with E-state index < -0.39 is 6.04 Å². The van der Waals surface area contributed by atoms with Crippen LogP contribution in [0.5, 0.6) is 0 Å². The molecule has 2 aromatic rings. The molecule has 154 valence electrons. The van der Waals surface area contributed by atoms with E-state index in [0.717, 1.165) is 44.2 Å². The standard InChI is InChI=1S/C20H27N7O2/c1-24-19(7-9-22-24)27-10-4-5-16(20(27)29)23-18(28)15-25-11-13-26(14-12-25)17-6-2-3-8-21-17/h2-3,6-9,16H,4-5,10-15H2,1H3,(H,23,28). The van der Waals surface area contributed by atoms with Gasteiger partial charge in [0.05, 0.1) is 12.7 Å². The molecule has 1 N–H and O–H groups in total. The van der Waals surface area contributed by atoms with Gasteiger partial charge in [-0.1, -0.05) is 6.07 Å². The molecule has 4 rings (SSSR count). The topological polar surface area (TPSA) is 86.6 Å². The molecule has 2 fully saturated rings. The molecule has 0 aromatic carbocycles. The zero-order valence-electron chi connectivity index (χ0n) is 16.7. The number of pyridine rings is 1. The molecule has 2 aliphatic rings. The Kier molecular flexibility index (Phi) is 5.75. The first-order valence-electron chi connectivity index (χ1n) is 10.1. The molecule has 1 unspecified atom stereocenters. The van der Waals surface area contributed by atoms with Crippen molar-refractivity contribution in [2.45, 2.75) is 18.9 Å². The number of carbonyl (C=O) groups is 2. The Balaban J connectivity index is 1.28. The number of hydrogen-bond donors (Lipinski definition) is 1. The molecule has 29 heavy (non-hydrogen) atoms. The molecular weight excluding hydrogens is 370 g/mol. The highest BCUT2D eigenvalue weighted by molar-refractivity contribution is 5.99. The summed E-state index contributed by atoms with van der Waals surface area (Å²) in [6.07, 6.45) is 5.00. The number of hydrogen-bond acceptors (Lipinski definition) is 6. The van der Waals surface area contributed by atoms with Crippen molar-refractivity contribution < 1.29 is 9.59 Å². The quantitative estimate of drug-likeness (QED) is 0.778. The summed E-state index contributed by atoms with van der Waals surface area (Å²) < 4.78 is 1.68. The lowest BCUT2D eigenvalue weighted by atomic mass is 10.0. The van der Waals surface area contributed by atoms with Gasteiger partial charge in [-0.25, -0.2) is 4.98 Å². The molecular formula is C20H27N7O2. The predicted molar refractivity (Wildman–Crippen MR) is 110 cm³/mol. The zero-order chi connectivity index (χ0) is 20.2. The Morgan fingerprint density at radius 3 is 2.66 bits per heavy atom. The molecule has 4 heterocycles. The fourth-order valence-electron chi connectivity index (χ4n) is 3.99. The van der Waals surface area contributed by atoms with E-state index in [1.807, 2.05) is 31.3 Å². The van der Waals surface area contributed by atoms with E-state index in [0.29, 0.717) is 19.5 Å². The zero-order valence-corrected chi connectivity index (χ0v) is 16.7. The van der Waals surface area contributed by atoms with Crippen molar-refractivity contribution in [3.05, 3.63) is 36.7 Å². The lowest BCUT2D eigenvalue weighted by Gasteiger charge is -2.36. The number of rotatable bonds is 5. The van der Waals surface area contributed by atoms with Gasteiger partial charge in [-0.15, -0.1) is 0 Å². The van der Waals surface area contributed by atoms with Gasteiger partial charge < -0.3 is 10.2 Å². The maximum Gasteiger partial charge on any atom is 0.250 e. The molecule has 0 spiro atoms. The van der Waals surface area contributed by atoms with Crippen molar-refractivity contribution in [2.24, 2.45) is 7.05 Å². The summed E-state index contributed by atoms with van der Waals surface area (Å²) in [5.41, 5.74) is 0. The smallest absolute Gasteiger partial charge is 0.250 e. The Hall–Kier alpha value is -2.94. The minimum absolute atomic E-state index is 0.0619. The van der Waals surface area contributed by atoms with Gasteiger partial charge in [0.1, 0.15) is 17.7 Å². The second-order valence-electron chi connectivity index (χ2n) is 7.52. The molecule has 0 bridgehead atoms. The third kappa shape index (κ3) is 4.40. The summed E-state index contributed by atoms with van der Waals surface area (Å²) in [5.74, 6) is 1.58. The van der Waals surface area contributed by atoms with Crippen LogP contribution in [0.25, 0.3) is 0 Å². The van der Waals surface area contributed by atoms with Crippen LogP contribution in [0, 0.1) is 0 Å². The van der Waals surface area contributed by atoms with Crippen molar-refractivity contribution in [1.82, 2.24) is 25.0 Å². The Morgan fingerprint density at radius 2 is 1.97 bits per heavy atom. The Labute approximate surface area is 170 Å². The minimum Gasteiger partial charge on any atom is -0.354 e. The van der Waals surface area contributed by atoms with Crippen molar-refractivity contribution in [2.75, 3.05) is 49.1 Å². The van der Waals surface area contributed by atoms with Gasteiger partial charge in [-0.2, -0.15) is 5.10 Å². The summed E-state index contributed by atoms with van der Waals surface area (Å²) in [4.78, 5) is 35.9. The van der Waals surface area contributed by atoms with Crippen molar-refractivity contribution in [3.63, 3.8) is 0 Å². The number of nitrogens with zero attached hydrogens (tertiary/aromatic N) is 6. The highest BCUT2D eigenvalue weighted by Gasteiger charge is 2.32. The third-order valence-electron chi connectivity index (χ3n) is 5.56. The van der Waals surface area contributed by atoms with Crippen LogP contribution in [-0.2, 0) is 16.6 Å². The average Bonchev–Trinajstić information content (AvgIpc) is 3.16. The lowest BCUT2D eigenvalue weighted by molar-refractivity contribution is -0.129. The lowest BCUT2D eigenvalue weighted by Crippen LogP contribution is -2.55. The highest BCUT2D eigenvalue weighted by atomic mass is 16.2. The first-order valence-corrected chi connectivity index (χ1v) is 10.1. The Morgan fingerprint density at radius 1 is 1.14 bits per heavy atom. The normalized spacial score (nSPS) is 20.7. The predicted octanol–water partition coefficient (Wildman–Crippen LogP) is 0.249. The van der Waals surface area contributed by atoms with Crippen LogP contribution in [0.2, 0.25) is 0 Å². The van der Waals surface area contributed by atoms with Crippen LogP contribution in [0.3, 0.4) is 0 Å². The molecule has 0 aliphatic carbocycles. The number of piperazine rings is 1. The molecule has 1 atom stereocenters. The van der Waals surface area contributed by atoms with Crippen molar-refractivity contribution in [3.8, 4) is 0 Å². The van der Waals surface area contributed by atoms with E-state index in [4.69, 9.17) is 0 Å². The molecule has 2 amide bonds. The average molecular weight is 397 g/mol.